The van der Waals surface area contributed by atoms with Crippen molar-refractivity contribution >= 4 is 22.8 Å². The Balaban J connectivity index is 0.000000204. The zero-order chi connectivity index (χ0) is 27.1. The van der Waals surface area contributed by atoms with E-state index in [1.807, 2.05) is 36.1 Å². The number of hydrogen-bond donors (Lipinski definition) is 0. The van der Waals surface area contributed by atoms with Gasteiger partial charge in [-0.25, -0.2) is 4.39 Å². The molecule has 0 N–H and O–H groups in total. The van der Waals surface area contributed by atoms with Crippen molar-refractivity contribution < 1.29 is 9.18 Å². The van der Waals surface area contributed by atoms with Crippen molar-refractivity contribution in [2.24, 2.45) is 0 Å². The number of benzene rings is 2. The number of thiophene rings is 1. The second kappa shape index (κ2) is 13.3. The van der Waals surface area contributed by atoms with E-state index < -0.39 is 0 Å². The molecule has 5 rings (SSSR count). The summed E-state index contributed by atoms with van der Waals surface area (Å²) < 4.78 is 12.7. The zero-order valence-electron chi connectivity index (χ0n) is 23.2. The largest absolute Gasteiger partial charge is 0.338 e. The minimum Gasteiger partial charge on any atom is -0.338 e. The fourth-order valence-electron chi connectivity index (χ4n) is 5.61. The first-order valence-corrected chi connectivity index (χ1v) is 14.8. The molecule has 0 saturated carbocycles. The number of carbonyl (C=O) groups excluding carboxylic acids is 1. The zero-order valence-corrected chi connectivity index (χ0v) is 24.0. The average Bonchev–Trinajstić information content (AvgIpc) is 3.63. The van der Waals surface area contributed by atoms with Gasteiger partial charge in [-0.05, 0) is 109 Å². The van der Waals surface area contributed by atoms with Crippen molar-refractivity contribution in [1.29, 1.82) is 0 Å². The molecular formula is C33H41FN2OS. The average molecular weight is 533 g/mol. The molecule has 2 fully saturated rings. The predicted molar refractivity (Wildman–Crippen MR) is 158 cm³/mol. The Hall–Kier alpha value is -2.76. The molecule has 2 aliphatic heterocycles. The summed E-state index contributed by atoms with van der Waals surface area (Å²) in [7, 11) is 2.15. The molecule has 2 saturated heterocycles. The maximum Gasteiger partial charge on any atom is 0.254 e. The SMILES string of the molecule is C/C=C(/C(=O)N1CC[C@@H](c2ccsc2)C1)c1ccccc1C(C)C.CN1CCC(c2ccc(F)cc2)CC1. The van der Waals surface area contributed by atoms with E-state index in [4.69, 9.17) is 0 Å². The van der Waals surface area contributed by atoms with E-state index in [2.05, 4.69) is 60.8 Å². The van der Waals surface area contributed by atoms with E-state index in [1.165, 1.54) is 29.5 Å². The molecule has 2 aromatic carbocycles. The van der Waals surface area contributed by atoms with Gasteiger partial charge in [-0.2, -0.15) is 11.3 Å². The Kier molecular flexibility index (Phi) is 9.92. The minimum atomic E-state index is -0.137. The maximum atomic E-state index is 13.1. The van der Waals surface area contributed by atoms with Gasteiger partial charge < -0.3 is 9.80 Å². The minimum absolute atomic E-state index is 0.137. The highest BCUT2D eigenvalue weighted by atomic mass is 32.1. The molecule has 1 atom stereocenters. The normalized spacial score (nSPS) is 18.9. The van der Waals surface area contributed by atoms with E-state index in [9.17, 15) is 9.18 Å². The van der Waals surface area contributed by atoms with Gasteiger partial charge in [0.05, 0.1) is 0 Å². The molecule has 3 heterocycles. The quantitative estimate of drug-likeness (QED) is 0.312. The second-order valence-corrected chi connectivity index (χ2v) is 11.6. The van der Waals surface area contributed by atoms with Crippen LogP contribution in [0, 0.1) is 5.82 Å². The first kappa shape index (κ1) is 28.3. The van der Waals surface area contributed by atoms with Crippen LogP contribution in [0.1, 0.15) is 80.0 Å². The first-order chi connectivity index (χ1) is 18.4. The Labute approximate surface area is 232 Å². The van der Waals surface area contributed by atoms with Crippen LogP contribution < -0.4 is 0 Å². The standard InChI is InChI=1S/C21H25NOS.C12H16FN/c1-4-18(20-8-6-5-7-19(20)15(2)3)21(23)22-11-9-16(13-22)17-10-12-24-14-17;1-14-8-6-11(7-9-14)10-2-4-12(13)5-3-10/h4-8,10,12,14-16H,9,11,13H2,1-3H3;2-5,11H,6-9H2,1H3/b18-4+;/t16-;/m1./s1. The fourth-order valence-corrected chi connectivity index (χ4v) is 6.35. The van der Waals surface area contributed by atoms with Gasteiger partial charge in [0.2, 0.25) is 0 Å². The van der Waals surface area contributed by atoms with E-state index in [0.29, 0.717) is 17.8 Å². The highest BCUT2D eigenvalue weighted by molar-refractivity contribution is 7.08. The summed E-state index contributed by atoms with van der Waals surface area (Å²) in [6.07, 6.45) is 5.43. The third kappa shape index (κ3) is 7.00. The van der Waals surface area contributed by atoms with Crippen molar-refractivity contribution in [3.63, 3.8) is 0 Å². The Bertz CT molecular complexity index is 1190. The maximum absolute atomic E-state index is 13.1. The van der Waals surface area contributed by atoms with Gasteiger partial charge in [-0.3, -0.25) is 4.79 Å². The Morgan fingerprint density at radius 1 is 0.947 bits per heavy atom. The lowest BCUT2D eigenvalue weighted by atomic mass is 9.90. The summed E-state index contributed by atoms with van der Waals surface area (Å²) in [5.41, 5.74) is 5.83. The fraction of sp³-hybridized carbons (Fsp3) is 0.424. The van der Waals surface area contributed by atoms with Crippen molar-refractivity contribution in [3.05, 3.63) is 99.5 Å². The van der Waals surface area contributed by atoms with Gasteiger partial charge >= 0.3 is 0 Å². The lowest BCUT2D eigenvalue weighted by molar-refractivity contribution is -0.124. The van der Waals surface area contributed by atoms with Gasteiger partial charge in [0.1, 0.15) is 5.82 Å². The summed E-state index contributed by atoms with van der Waals surface area (Å²) in [4.78, 5) is 17.5. The number of allylic oxidation sites excluding steroid dienone is 1. The van der Waals surface area contributed by atoms with Crippen LogP contribution in [0.5, 0.6) is 0 Å². The summed E-state index contributed by atoms with van der Waals surface area (Å²) in [6, 6.07) is 17.4. The number of likely N-dealkylation sites (tertiary alicyclic amines) is 2. The van der Waals surface area contributed by atoms with Crippen LogP contribution in [0.25, 0.3) is 5.57 Å². The molecule has 5 heteroatoms. The molecule has 0 aliphatic carbocycles. The van der Waals surface area contributed by atoms with Crippen LogP contribution in [0.2, 0.25) is 0 Å². The molecule has 2 aliphatic rings. The van der Waals surface area contributed by atoms with Gasteiger partial charge in [-0.15, -0.1) is 0 Å². The number of nitrogens with zero attached hydrogens (tertiary/aromatic N) is 2. The van der Waals surface area contributed by atoms with Crippen LogP contribution in [0.3, 0.4) is 0 Å². The van der Waals surface area contributed by atoms with E-state index in [1.54, 1.807) is 23.5 Å². The predicted octanol–water partition coefficient (Wildman–Crippen LogP) is 7.93. The summed E-state index contributed by atoms with van der Waals surface area (Å²) in [5, 5.41) is 4.33. The smallest absolute Gasteiger partial charge is 0.254 e. The molecule has 3 aromatic rings. The molecule has 0 spiro atoms. The van der Waals surface area contributed by atoms with E-state index >= 15 is 0 Å². The van der Waals surface area contributed by atoms with Crippen LogP contribution in [-0.2, 0) is 4.79 Å². The van der Waals surface area contributed by atoms with Crippen LogP contribution in [0.15, 0.2) is 71.4 Å². The van der Waals surface area contributed by atoms with Crippen molar-refractivity contribution in [2.45, 2.75) is 57.8 Å². The number of hydrogen-bond acceptors (Lipinski definition) is 3. The van der Waals surface area contributed by atoms with Gasteiger partial charge in [-0.1, -0.05) is 56.3 Å². The molecule has 0 radical (unpaired) electrons. The monoisotopic (exact) mass is 532 g/mol. The van der Waals surface area contributed by atoms with Crippen molar-refractivity contribution in [2.75, 3.05) is 33.2 Å². The lowest BCUT2D eigenvalue weighted by Crippen LogP contribution is -2.29. The topological polar surface area (TPSA) is 23.6 Å². The highest BCUT2D eigenvalue weighted by Crippen LogP contribution is 2.32. The number of carbonyl (C=O) groups is 1. The second-order valence-electron chi connectivity index (χ2n) is 10.9. The van der Waals surface area contributed by atoms with E-state index in [0.717, 1.165) is 43.7 Å². The molecule has 0 unspecified atom stereocenters. The third-order valence-corrected chi connectivity index (χ3v) is 8.64. The van der Waals surface area contributed by atoms with Crippen LogP contribution in [-0.4, -0.2) is 48.9 Å². The summed E-state index contributed by atoms with van der Waals surface area (Å²) >= 11 is 1.73. The molecule has 38 heavy (non-hydrogen) atoms. The highest BCUT2D eigenvalue weighted by Gasteiger charge is 2.30. The van der Waals surface area contributed by atoms with Crippen molar-refractivity contribution in [3.8, 4) is 0 Å². The summed E-state index contributed by atoms with van der Waals surface area (Å²) in [6.45, 7) is 10.3. The molecule has 0 bridgehead atoms. The van der Waals surface area contributed by atoms with E-state index in [-0.39, 0.29) is 11.7 Å². The van der Waals surface area contributed by atoms with Gasteiger partial charge in [0.15, 0.2) is 0 Å². The first-order valence-electron chi connectivity index (χ1n) is 13.9. The van der Waals surface area contributed by atoms with Crippen LogP contribution >= 0.6 is 11.3 Å². The lowest BCUT2D eigenvalue weighted by Gasteiger charge is -2.29. The van der Waals surface area contributed by atoms with Gasteiger partial charge in [0.25, 0.3) is 5.91 Å². The van der Waals surface area contributed by atoms with Crippen molar-refractivity contribution in [1.82, 2.24) is 9.80 Å². The Morgan fingerprint density at radius 2 is 1.63 bits per heavy atom. The van der Waals surface area contributed by atoms with Crippen LogP contribution in [0.4, 0.5) is 4.39 Å². The number of piperidine rings is 1. The molecule has 3 nitrogen and oxygen atoms in total. The molecule has 202 valence electrons. The summed E-state index contributed by atoms with van der Waals surface area (Å²) in [5.74, 6) is 1.55. The number of rotatable bonds is 5. The molecule has 1 aromatic heterocycles. The number of amides is 1. The Morgan fingerprint density at radius 3 is 2.26 bits per heavy atom. The molecular weight excluding hydrogens is 491 g/mol. The van der Waals surface area contributed by atoms with Gasteiger partial charge in [0, 0.05) is 24.6 Å². The third-order valence-electron chi connectivity index (χ3n) is 7.94. The molecule has 1 amide bonds. The number of halogens is 1.